The molecular formula is C12H9Cl2NO2. The smallest absolute Gasteiger partial charge is 0.140 e. The number of aliphatic hydroxyl groups is 1. The standard InChI is InChI=1S/C12H9Cl2NO2/c13-8-1-2-10(14)9(4-8)7-3-12(17)11(6-16)15-5-7/h1-5,16-17H,6H2. The van der Waals surface area contributed by atoms with Crippen LogP contribution in [0.1, 0.15) is 5.69 Å². The van der Waals surface area contributed by atoms with Gasteiger partial charge in [-0.2, -0.15) is 0 Å². The number of benzene rings is 1. The molecule has 0 radical (unpaired) electrons. The number of hydrogen-bond acceptors (Lipinski definition) is 3. The van der Waals surface area contributed by atoms with Gasteiger partial charge >= 0.3 is 0 Å². The Labute approximate surface area is 108 Å². The van der Waals surface area contributed by atoms with Crippen LogP contribution in [0.5, 0.6) is 5.75 Å². The largest absolute Gasteiger partial charge is 0.506 e. The lowest BCUT2D eigenvalue weighted by molar-refractivity contribution is 0.270. The van der Waals surface area contributed by atoms with Gasteiger partial charge in [0.2, 0.25) is 0 Å². The van der Waals surface area contributed by atoms with Crippen LogP contribution in [0.15, 0.2) is 30.5 Å². The quantitative estimate of drug-likeness (QED) is 0.880. The highest BCUT2D eigenvalue weighted by Gasteiger charge is 2.08. The first-order valence-electron chi connectivity index (χ1n) is 4.86. The fourth-order valence-electron chi connectivity index (χ4n) is 1.47. The average molecular weight is 270 g/mol. The Morgan fingerprint density at radius 2 is 1.94 bits per heavy atom. The highest BCUT2D eigenvalue weighted by Crippen LogP contribution is 2.32. The molecule has 0 aliphatic heterocycles. The van der Waals surface area contributed by atoms with Gasteiger partial charge in [0, 0.05) is 27.4 Å². The molecule has 1 aromatic heterocycles. The zero-order chi connectivity index (χ0) is 12.4. The van der Waals surface area contributed by atoms with Gasteiger partial charge in [-0.1, -0.05) is 23.2 Å². The van der Waals surface area contributed by atoms with Crippen LogP contribution in [0.3, 0.4) is 0 Å². The molecule has 0 saturated carbocycles. The summed E-state index contributed by atoms with van der Waals surface area (Å²) < 4.78 is 0. The third-order valence-electron chi connectivity index (χ3n) is 2.34. The molecule has 0 saturated heterocycles. The van der Waals surface area contributed by atoms with E-state index in [1.54, 1.807) is 18.2 Å². The van der Waals surface area contributed by atoms with Crippen molar-refractivity contribution in [3.63, 3.8) is 0 Å². The van der Waals surface area contributed by atoms with Gasteiger partial charge in [-0.25, -0.2) is 0 Å². The van der Waals surface area contributed by atoms with E-state index < -0.39 is 0 Å². The second-order valence-corrected chi connectivity index (χ2v) is 4.32. The van der Waals surface area contributed by atoms with E-state index in [0.717, 1.165) is 0 Å². The molecule has 0 amide bonds. The Morgan fingerprint density at radius 3 is 2.59 bits per heavy atom. The van der Waals surface area contributed by atoms with Crippen molar-refractivity contribution in [2.45, 2.75) is 6.61 Å². The summed E-state index contributed by atoms with van der Waals surface area (Å²) in [4.78, 5) is 3.94. The van der Waals surface area contributed by atoms with Crippen molar-refractivity contribution in [1.29, 1.82) is 0 Å². The maximum atomic E-state index is 9.61. The summed E-state index contributed by atoms with van der Waals surface area (Å²) in [5.74, 6) is -0.0685. The van der Waals surface area contributed by atoms with Gasteiger partial charge in [-0.05, 0) is 24.3 Å². The van der Waals surface area contributed by atoms with Gasteiger partial charge < -0.3 is 10.2 Å². The lowest BCUT2D eigenvalue weighted by atomic mass is 10.1. The van der Waals surface area contributed by atoms with Crippen molar-refractivity contribution >= 4 is 23.2 Å². The highest BCUT2D eigenvalue weighted by atomic mass is 35.5. The Morgan fingerprint density at radius 1 is 1.18 bits per heavy atom. The molecule has 1 aromatic carbocycles. The minimum absolute atomic E-state index is 0.0685. The Kier molecular flexibility index (Phi) is 3.52. The summed E-state index contributed by atoms with van der Waals surface area (Å²) in [5, 5.41) is 19.6. The first-order chi connectivity index (χ1) is 8.11. The minimum Gasteiger partial charge on any atom is -0.506 e. The SMILES string of the molecule is OCc1ncc(-c2cc(Cl)ccc2Cl)cc1O. The Bertz CT molecular complexity index is 558. The zero-order valence-corrected chi connectivity index (χ0v) is 10.2. The van der Waals surface area contributed by atoms with Gasteiger partial charge in [-0.15, -0.1) is 0 Å². The van der Waals surface area contributed by atoms with Crippen LogP contribution >= 0.6 is 23.2 Å². The Balaban J connectivity index is 2.53. The predicted molar refractivity (Wildman–Crippen MR) is 67.3 cm³/mol. The first-order valence-corrected chi connectivity index (χ1v) is 5.61. The van der Waals surface area contributed by atoms with Crippen LogP contribution in [-0.2, 0) is 6.61 Å². The average Bonchev–Trinajstić information content (AvgIpc) is 2.32. The van der Waals surface area contributed by atoms with E-state index in [0.29, 0.717) is 21.2 Å². The summed E-state index contributed by atoms with van der Waals surface area (Å²) in [6.07, 6.45) is 1.53. The van der Waals surface area contributed by atoms with Crippen molar-refractivity contribution in [2.75, 3.05) is 0 Å². The predicted octanol–water partition coefficient (Wildman–Crippen LogP) is 3.25. The number of aliphatic hydroxyl groups excluding tert-OH is 1. The molecule has 88 valence electrons. The number of nitrogens with zero attached hydrogens (tertiary/aromatic N) is 1. The molecule has 0 aliphatic rings. The molecule has 2 aromatic rings. The van der Waals surface area contributed by atoms with Crippen LogP contribution in [0.25, 0.3) is 11.1 Å². The fourth-order valence-corrected chi connectivity index (χ4v) is 1.87. The first kappa shape index (κ1) is 12.2. The minimum atomic E-state index is -0.310. The van der Waals surface area contributed by atoms with Gasteiger partial charge in [-0.3, -0.25) is 4.98 Å². The summed E-state index contributed by atoms with van der Waals surface area (Å²) in [6, 6.07) is 6.55. The van der Waals surface area contributed by atoms with Gasteiger partial charge in [0.15, 0.2) is 0 Å². The molecule has 17 heavy (non-hydrogen) atoms. The maximum Gasteiger partial charge on any atom is 0.140 e. The summed E-state index contributed by atoms with van der Waals surface area (Å²) in [6.45, 7) is -0.310. The maximum absolute atomic E-state index is 9.61. The molecule has 2 N–H and O–H groups in total. The summed E-state index contributed by atoms with van der Waals surface area (Å²) in [7, 11) is 0. The number of aromatic hydroxyl groups is 1. The molecule has 3 nitrogen and oxygen atoms in total. The van der Waals surface area contributed by atoms with E-state index in [-0.39, 0.29) is 18.1 Å². The van der Waals surface area contributed by atoms with E-state index in [1.807, 2.05) is 0 Å². The van der Waals surface area contributed by atoms with Gasteiger partial charge in [0.25, 0.3) is 0 Å². The molecule has 0 bridgehead atoms. The third-order valence-corrected chi connectivity index (χ3v) is 2.90. The van der Waals surface area contributed by atoms with Crippen molar-refractivity contribution < 1.29 is 10.2 Å². The molecule has 0 unspecified atom stereocenters. The fraction of sp³-hybridized carbons (Fsp3) is 0.0833. The third kappa shape index (κ3) is 2.52. The monoisotopic (exact) mass is 269 g/mol. The number of pyridine rings is 1. The van der Waals surface area contributed by atoms with Crippen molar-refractivity contribution in [3.05, 3.63) is 46.2 Å². The molecule has 2 rings (SSSR count). The molecule has 0 spiro atoms. The van der Waals surface area contributed by atoms with E-state index in [2.05, 4.69) is 4.98 Å². The van der Waals surface area contributed by atoms with Crippen molar-refractivity contribution in [3.8, 4) is 16.9 Å². The van der Waals surface area contributed by atoms with Crippen LogP contribution in [0.4, 0.5) is 0 Å². The normalized spacial score (nSPS) is 10.5. The second-order valence-electron chi connectivity index (χ2n) is 3.47. The van der Waals surface area contributed by atoms with E-state index in [4.69, 9.17) is 28.3 Å². The highest BCUT2D eigenvalue weighted by molar-refractivity contribution is 6.35. The second kappa shape index (κ2) is 4.92. The van der Waals surface area contributed by atoms with Crippen LogP contribution < -0.4 is 0 Å². The van der Waals surface area contributed by atoms with Crippen LogP contribution in [-0.4, -0.2) is 15.2 Å². The molecule has 1 heterocycles. The number of hydrogen-bond donors (Lipinski definition) is 2. The molecular weight excluding hydrogens is 261 g/mol. The van der Waals surface area contributed by atoms with E-state index in [1.165, 1.54) is 12.3 Å². The number of aromatic nitrogens is 1. The zero-order valence-electron chi connectivity index (χ0n) is 8.69. The van der Waals surface area contributed by atoms with Gasteiger partial charge in [0.05, 0.1) is 6.61 Å². The van der Waals surface area contributed by atoms with Crippen LogP contribution in [0, 0.1) is 0 Å². The van der Waals surface area contributed by atoms with E-state index in [9.17, 15) is 5.11 Å². The van der Waals surface area contributed by atoms with Gasteiger partial charge in [0.1, 0.15) is 11.4 Å². The molecule has 0 aliphatic carbocycles. The van der Waals surface area contributed by atoms with E-state index >= 15 is 0 Å². The Hall–Kier alpha value is -1.29. The van der Waals surface area contributed by atoms with Crippen LogP contribution in [0.2, 0.25) is 10.0 Å². The summed E-state index contributed by atoms with van der Waals surface area (Å²) >= 11 is 11.9. The lowest BCUT2D eigenvalue weighted by Crippen LogP contribution is -1.91. The molecule has 0 atom stereocenters. The number of rotatable bonds is 2. The van der Waals surface area contributed by atoms with Crippen molar-refractivity contribution in [2.24, 2.45) is 0 Å². The lowest BCUT2D eigenvalue weighted by Gasteiger charge is -2.07. The summed E-state index contributed by atoms with van der Waals surface area (Å²) in [5.41, 5.74) is 1.56. The van der Waals surface area contributed by atoms with Crippen molar-refractivity contribution in [1.82, 2.24) is 4.98 Å². The molecule has 5 heteroatoms. The molecule has 0 fully saturated rings. The number of halogens is 2. The topological polar surface area (TPSA) is 53.4 Å².